The van der Waals surface area contributed by atoms with Gasteiger partial charge in [0.05, 0.1) is 19.2 Å². The predicted molar refractivity (Wildman–Crippen MR) is 48.0 cm³/mol. The van der Waals surface area contributed by atoms with Crippen LogP contribution in [0.2, 0.25) is 0 Å². The fourth-order valence-electron chi connectivity index (χ4n) is 0.959. The molecule has 0 spiro atoms. The molecule has 5 heteroatoms. The number of nitrogens with two attached hydrogens (primary N) is 1. The highest BCUT2D eigenvalue weighted by atomic mass is 16.5. The van der Waals surface area contributed by atoms with Gasteiger partial charge in [0, 0.05) is 6.42 Å². The predicted octanol–water partition coefficient (Wildman–Crippen LogP) is 0.488. The number of aryl methyl sites for hydroxylation is 1. The first-order valence-corrected chi connectivity index (χ1v) is 4.17. The summed E-state index contributed by atoms with van der Waals surface area (Å²) in [6, 6.07) is 0. The fraction of sp³-hybridized carbons (Fsp3) is 0.500. The minimum absolute atomic E-state index is 0.211. The van der Waals surface area contributed by atoms with Gasteiger partial charge in [-0.05, 0) is 6.92 Å². The summed E-state index contributed by atoms with van der Waals surface area (Å²) in [7, 11) is 0. The van der Waals surface area contributed by atoms with Crippen molar-refractivity contribution in [2.75, 3.05) is 12.3 Å². The van der Waals surface area contributed by atoms with Crippen molar-refractivity contribution < 1.29 is 9.53 Å². The maximum Gasteiger partial charge on any atom is 0.306 e. The second kappa shape index (κ2) is 4.49. The van der Waals surface area contributed by atoms with Crippen molar-refractivity contribution in [1.29, 1.82) is 0 Å². The summed E-state index contributed by atoms with van der Waals surface area (Å²) in [4.78, 5) is 17.7. The third-order valence-electron chi connectivity index (χ3n) is 1.52. The molecule has 72 valence electrons. The Morgan fingerprint density at radius 3 is 3.08 bits per heavy atom. The first-order chi connectivity index (χ1) is 6.22. The van der Waals surface area contributed by atoms with Crippen LogP contribution in [0.1, 0.15) is 19.2 Å². The van der Waals surface area contributed by atoms with Crippen molar-refractivity contribution in [2.45, 2.75) is 19.8 Å². The highest BCUT2D eigenvalue weighted by molar-refractivity contribution is 5.69. The van der Waals surface area contributed by atoms with E-state index in [2.05, 4.69) is 9.97 Å². The molecule has 1 heterocycles. The van der Waals surface area contributed by atoms with Gasteiger partial charge in [-0.25, -0.2) is 4.98 Å². The highest BCUT2D eigenvalue weighted by Gasteiger charge is 2.04. The maximum atomic E-state index is 10.9. The van der Waals surface area contributed by atoms with E-state index in [1.54, 1.807) is 6.92 Å². The van der Waals surface area contributed by atoms with E-state index in [4.69, 9.17) is 10.5 Å². The van der Waals surface area contributed by atoms with Gasteiger partial charge >= 0.3 is 5.97 Å². The van der Waals surface area contributed by atoms with Crippen molar-refractivity contribution in [3.8, 4) is 0 Å². The molecule has 0 amide bonds. The molecule has 13 heavy (non-hydrogen) atoms. The second-order valence-corrected chi connectivity index (χ2v) is 2.59. The lowest BCUT2D eigenvalue weighted by Gasteiger charge is -1.98. The quantitative estimate of drug-likeness (QED) is 0.665. The molecule has 0 aliphatic rings. The third kappa shape index (κ3) is 3.14. The molecule has 0 aliphatic carbocycles. The maximum absolute atomic E-state index is 10.9. The zero-order valence-electron chi connectivity index (χ0n) is 7.54. The summed E-state index contributed by atoms with van der Waals surface area (Å²) in [5.41, 5.74) is 5.41. The average Bonchev–Trinajstić information content (AvgIpc) is 2.49. The first kappa shape index (κ1) is 9.57. The van der Waals surface area contributed by atoms with E-state index < -0.39 is 0 Å². The molecular weight excluding hydrogens is 170 g/mol. The van der Waals surface area contributed by atoms with Gasteiger partial charge in [-0.2, -0.15) is 0 Å². The zero-order chi connectivity index (χ0) is 9.68. The van der Waals surface area contributed by atoms with Crippen LogP contribution in [-0.4, -0.2) is 22.5 Å². The van der Waals surface area contributed by atoms with Crippen LogP contribution in [0.4, 0.5) is 5.82 Å². The van der Waals surface area contributed by atoms with Gasteiger partial charge in [-0.15, -0.1) is 0 Å². The lowest BCUT2D eigenvalue weighted by atomic mass is 10.3. The SMILES string of the molecule is CCOC(=O)CCc1ncc(N)[nH]1. The van der Waals surface area contributed by atoms with Crippen LogP contribution in [0.25, 0.3) is 0 Å². The van der Waals surface area contributed by atoms with Crippen LogP contribution in [0.15, 0.2) is 6.20 Å². The molecular formula is C8H13N3O2. The Bertz CT molecular complexity index is 283. The number of nitrogens with zero attached hydrogens (tertiary/aromatic N) is 1. The van der Waals surface area contributed by atoms with E-state index in [-0.39, 0.29) is 5.97 Å². The van der Waals surface area contributed by atoms with Gasteiger partial charge in [-0.3, -0.25) is 4.79 Å². The number of H-pyrrole nitrogens is 1. The van der Waals surface area contributed by atoms with E-state index in [0.29, 0.717) is 31.1 Å². The number of rotatable bonds is 4. The van der Waals surface area contributed by atoms with E-state index >= 15 is 0 Å². The number of anilines is 1. The number of nitrogens with one attached hydrogen (secondary N) is 1. The van der Waals surface area contributed by atoms with Gasteiger partial charge in [-0.1, -0.05) is 0 Å². The number of ether oxygens (including phenoxy) is 1. The second-order valence-electron chi connectivity index (χ2n) is 2.59. The number of carbonyl (C=O) groups excluding carboxylic acids is 1. The van der Waals surface area contributed by atoms with Gasteiger partial charge < -0.3 is 15.5 Å². The Hall–Kier alpha value is -1.52. The number of hydrogen-bond acceptors (Lipinski definition) is 4. The summed E-state index contributed by atoms with van der Waals surface area (Å²) < 4.78 is 4.76. The van der Waals surface area contributed by atoms with Gasteiger partial charge in [0.1, 0.15) is 11.6 Å². The lowest BCUT2D eigenvalue weighted by Crippen LogP contribution is -2.05. The van der Waals surface area contributed by atoms with Crippen LogP contribution in [0, 0.1) is 0 Å². The Labute approximate surface area is 76.3 Å². The molecule has 3 N–H and O–H groups in total. The van der Waals surface area contributed by atoms with E-state index in [1.165, 1.54) is 6.20 Å². The van der Waals surface area contributed by atoms with Gasteiger partial charge in [0.2, 0.25) is 0 Å². The molecule has 0 atom stereocenters. The minimum atomic E-state index is -0.211. The van der Waals surface area contributed by atoms with Crippen LogP contribution >= 0.6 is 0 Å². The Morgan fingerprint density at radius 2 is 2.54 bits per heavy atom. The van der Waals surface area contributed by atoms with Crippen molar-refractivity contribution in [2.24, 2.45) is 0 Å². The topological polar surface area (TPSA) is 81.0 Å². The standard InChI is InChI=1S/C8H13N3O2/c1-2-13-8(12)4-3-7-10-5-6(9)11-7/h5H,2-4,9H2,1H3,(H,10,11). The number of carbonyl (C=O) groups is 1. The van der Waals surface area contributed by atoms with Crippen molar-refractivity contribution in [3.63, 3.8) is 0 Å². The monoisotopic (exact) mass is 183 g/mol. The smallest absolute Gasteiger partial charge is 0.306 e. The molecule has 0 aliphatic heterocycles. The normalized spacial score (nSPS) is 9.92. The van der Waals surface area contributed by atoms with Crippen molar-refractivity contribution in [1.82, 2.24) is 9.97 Å². The molecule has 0 saturated carbocycles. The van der Waals surface area contributed by atoms with Gasteiger partial charge in [0.25, 0.3) is 0 Å². The summed E-state index contributed by atoms with van der Waals surface area (Å²) in [6.45, 7) is 2.20. The van der Waals surface area contributed by atoms with Crippen molar-refractivity contribution >= 4 is 11.8 Å². The molecule has 1 rings (SSSR count). The molecule has 0 unspecified atom stereocenters. The molecule has 1 aromatic rings. The van der Waals surface area contributed by atoms with Crippen molar-refractivity contribution in [3.05, 3.63) is 12.0 Å². The number of imidazole rings is 1. The van der Waals surface area contributed by atoms with Crippen LogP contribution < -0.4 is 5.73 Å². The molecule has 5 nitrogen and oxygen atoms in total. The Morgan fingerprint density at radius 1 is 1.77 bits per heavy atom. The summed E-state index contributed by atoms with van der Waals surface area (Å²) >= 11 is 0. The Kier molecular flexibility index (Phi) is 3.31. The summed E-state index contributed by atoms with van der Waals surface area (Å²) in [5.74, 6) is 1.02. The zero-order valence-corrected chi connectivity index (χ0v) is 7.54. The summed E-state index contributed by atoms with van der Waals surface area (Å²) in [6.07, 6.45) is 2.40. The summed E-state index contributed by atoms with van der Waals surface area (Å²) in [5, 5.41) is 0. The number of nitrogen functional groups attached to an aromatic ring is 1. The van der Waals surface area contributed by atoms with E-state index in [1.807, 2.05) is 0 Å². The number of hydrogen-bond donors (Lipinski definition) is 2. The molecule has 0 radical (unpaired) electrons. The number of aromatic amines is 1. The highest BCUT2D eigenvalue weighted by Crippen LogP contribution is 2.01. The molecule has 0 bridgehead atoms. The van der Waals surface area contributed by atoms with Crippen LogP contribution in [0.3, 0.4) is 0 Å². The Balaban J connectivity index is 2.30. The first-order valence-electron chi connectivity index (χ1n) is 4.17. The van der Waals surface area contributed by atoms with Crippen LogP contribution in [-0.2, 0) is 16.0 Å². The largest absolute Gasteiger partial charge is 0.466 e. The molecule has 0 aromatic carbocycles. The lowest BCUT2D eigenvalue weighted by molar-refractivity contribution is -0.143. The molecule has 0 saturated heterocycles. The molecule has 0 fully saturated rings. The minimum Gasteiger partial charge on any atom is -0.466 e. The average molecular weight is 183 g/mol. The van der Waals surface area contributed by atoms with Crippen LogP contribution in [0.5, 0.6) is 0 Å². The van der Waals surface area contributed by atoms with Gasteiger partial charge in [0.15, 0.2) is 0 Å². The van der Waals surface area contributed by atoms with E-state index in [0.717, 1.165) is 0 Å². The number of aromatic nitrogens is 2. The third-order valence-corrected chi connectivity index (χ3v) is 1.52. The van der Waals surface area contributed by atoms with E-state index in [9.17, 15) is 4.79 Å². The number of esters is 1. The molecule has 1 aromatic heterocycles. The fourth-order valence-corrected chi connectivity index (χ4v) is 0.959.